The molecule has 1 amide bonds. The number of carbonyl (C=O) groups is 2. The lowest BCUT2D eigenvalue weighted by atomic mass is 10.1. The van der Waals surface area contributed by atoms with Crippen LogP contribution in [0.25, 0.3) is 0 Å². The number of ether oxygens (including phenoxy) is 1. The third-order valence-electron chi connectivity index (χ3n) is 4.36. The lowest BCUT2D eigenvalue weighted by molar-refractivity contribution is -0.137. The zero-order chi connectivity index (χ0) is 24.9. The highest BCUT2D eigenvalue weighted by atomic mass is 35.5. The van der Waals surface area contributed by atoms with Gasteiger partial charge in [-0.25, -0.2) is 14.2 Å². The number of esters is 1. The van der Waals surface area contributed by atoms with Gasteiger partial charge in [-0.2, -0.15) is 18.3 Å². The molecule has 1 aromatic heterocycles. The van der Waals surface area contributed by atoms with Crippen molar-refractivity contribution in [1.29, 1.82) is 0 Å². The van der Waals surface area contributed by atoms with Crippen molar-refractivity contribution in [1.82, 2.24) is 15.5 Å². The van der Waals surface area contributed by atoms with Crippen molar-refractivity contribution in [3.8, 4) is 0 Å². The van der Waals surface area contributed by atoms with E-state index >= 15 is 0 Å². The number of nitrogens with one attached hydrogen (secondary N) is 3. The fourth-order valence-electron chi connectivity index (χ4n) is 2.64. The van der Waals surface area contributed by atoms with Crippen molar-refractivity contribution in [2.45, 2.75) is 12.7 Å². The number of carbonyl (C=O) groups excluding carboxylic acids is 2. The second-order valence-corrected chi connectivity index (χ2v) is 7.12. The van der Waals surface area contributed by atoms with E-state index in [0.29, 0.717) is 5.56 Å². The Labute approximate surface area is 195 Å². The topological polar surface area (TPSA) is 108 Å². The molecule has 0 aliphatic heterocycles. The Bertz CT molecular complexity index is 1230. The Morgan fingerprint density at radius 1 is 1.15 bits per heavy atom. The van der Waals surface area contributed by atoms with E-state index in [1.165, 1.54) is 25.3 Å². The smallest absolute Gasteiger partial charge is 0.416 e. The molecule has 0 aliphatic rings. The summed E-state index contributed by atoms with van der Waals surface area (Å²) in [6.07, 6.45) is -4.55. The van der Waals surface area contributed by atoms with Crippen LogP contribution in [-0.2, 0) is 17.5 Å². The minimum absolute atomic E-state index is 0.0139. The summed E-state index contributed by atoms with van der Waals surface area (Å²) in [6, 6.07) is 8.53. The quantitative estimate of drug-likeness (QED) is 0.209. The number of anilines is 1. The molecule has 0 spiro atoms. The van der Waals surface area contributed by atoms with Gasteiger partial charge in [0.15, 0.2) is 5.82 Å². The van der Waals surface area contributed by atoms with Crippen molar-refractivity contribution in [2.24, 2.45) is 4.99 Å². The zero-order valence-electron chi connectivity index (χ0n) is 17.3. The fraction of sp³-hybridized carbons (Fsp3) is 0.143. The maximum atomic E-state index is 13.3. The fourth-order valence-corrected chi connectivity index (χ4v) is 2.86. The van der Waals surface area contributed by atoms with Crippen molar-refractivity contribution in [3.05, 3.63) is 81.8 Å². The number of guanidine groups is 1. The molecule has 3 aromatic rings. The maximum Gasteiger partial charge on any atom is 0.416 e. The van der Waals surface area contributed by atoms with Gasteiger partial charge in [-0.05, 0) is 42.0 Å². The van der Waals surface area contributed by atoms with Gasteiger partial charge in [-0.15, -0.1) is 0 Å². The lowest BCUT2D eigenvalue weighted by Crippen LogP contribution is -2.36. The molecule has 3 N–H and O–H groups in total. The van der Waals surface area contributed by atoms with Gasteiger partial charge in [-0.3, -0.25) is 15.2 Å². The van der Waals surface area contributed by atoms with Crippen LogP contribution < -0.4 is 10.6 Å². The molecule has 0 bridgehead atoms. The molecule has 13 heteroatoms. The summed E-state index contributed by atoms with van der Waals surface area (Å²) >= 11 is 6.00. The number of halogens is 5. The highest BCUT2D eigenvalue weighted by Crippen LogP contribution is 2.29. The van der Waals surface area contributed by atoms with E-state index in [0.717, 1.165) is 30.3 Å². The van der Waals surface area contributed by atoms with Gasteiger partial charge in [-0.1, -0.05) is 17.7 Å². The molecule has 178 valence electrons. The number of amides is 1. The Balaban J connectivity index is 1.83. The van der Waals surface area contributed by atoms with Crippen LogP contribution in [0.4, 0.5) is 23.4 Å². The van der Waals surface area contributed by atoms with E-state index in [9.17, 15) is 27.2 Å². The van der Waals surface area contributed by atoms with Gasteiger partial charge >= 0.3 is 12.1 Å². The van der Waals surface area contributed by atoms with E-state index in [1.54, 1.807) is 0 Å². The highest BCUT2D eigenvalue weighted by molar-refractivity contribution is 6.31. The van der Waals surface area contributed by atoms with Crippen LogP contribution in [0.2, 0.25) is 5.02 Å². The Morgan fingerprint density at radius 3 is 2.47 bits per heavy atom. The number of methoxy groups -OCH3 is 1. The standard InChI is InChI=1S/C21H16ClF4N5O3/c1-34-19(33)16-9-17(31-30-16)28-20(27-10-12-4-7-14(23)8-15(12)22)29-18(32)11-2-5-13(6-3-11)21(24,25)26/h2-9H,10H2,1H3,(H3,27,28,29,30,31,32). The molecule has 0 unspecified atom stereocenters. The normalized spacial score (nSPS) is 11.8. The number of rotatable bonds is 5. The van der Waals surface area contributed by atoms with Gasteiger partial charge in [0.05, 0.1) is 19.2 Å². The van der Waals surface area contributed by atoms with Crippen LogP contribution in [0.1, 0.15) is 32.0 Å². The summed E-state index contributed by atoms with van der Waals surface area (Å²) in [5.74, 6) is -2.08. The Kier molecular flexibility index (Phi) is 7.51. The molecule has 0 atom stereocenters. The molecular weight excluding hydrogens is 482 g/mol. The summed E-state index contributed by atoms with van der Waals surface area (Å²) in [7, 11) is 1.18. The number of benzene rings is 2. The maximum absolute atomic E-state index is 13.3. The monoisotopic (exact) mass is 497 g/mol. The summed E-state index contributed by atoms with van der Waals surface area (Å²) in [6.45, 7) is -0.0942. The van der Waals surface area contributed by atoms with Crippen LogP contribution in [0.3, 0.4) is 0 Å². The van der Waals surface area contributed by atoms with Gasteiger partial charge < -0.3 is 10.1 Å². The number of aromatic nitrogens is 2. The molecule has 0 saturated heterocycles. The number of H-pyrrole nitrogens is 1. The molecule has 8 nitrogen and oxygen atoms in total. The minimum atomic E-state index is -4.55. The number of hydrogen-bond acceptors (Lipinski definition) is 5. The van der Waals surface area contributed by atoms with E-state index in [1.807, 2.05) is 0 Å². The number of nitrogens with zero attached hydrogens (tertiary/aromatic N) is 2. The van der Waals surface area contributed by atoms with Crippen LogP contribution >= 0.6 is 11.6 Å². The van der Waals surface area contributed by atoms with E-state index < -0.39 is 29.4 Å². The van der Waals surface area contributed by atoms with Gasteiger partial charge in [0, 0.05) is 16.7 Å². The summed E-state index contributed by atoms with van der Waals surface area (Å²) < 4.78 is 56.2. The second kappa shape index (κ2) is 10.3. The largest absolute Gasteiger partial charge is 0.464 e. The first-order chi connectivity index (χ1) is 16.1. The first-order valence-corrected chi connectivity index (χ1v) is 9.82. The van der Waals surface area contributed by atoms with E-state index in [2.05, 4.69) is 30.6 Å². The van der Waals surface area contributed by atoms with Gasteiger partial charge in [0.2, 0.25) is 5.96 Å². The van der Waals surface area contributed by atoms with Crippen molar-refractivity contribution < 1.29 is 31.9 Å². The van der Waals surface area contributed by atoms with E-state index in [4.69, 9.17) is 11.6 Å². The van der Waals surface area contributed by atoms with Gasteiger partial charge in [0.25, 0.3) is 5.91 Å². The average molecular weight is 498 g/mol. The summed E-state index contributed by atoms with van der Waals surface area (Å²) in [5, 5.41) is 11.5. The van der Waals surface area contributed by atoms with Crippen molar-refractivity contribution in [3.63, 3.8) is 0 Å². The number of aromatic amines is 1. The van der Waals surface area contributed by atoms with Crippen molar-refractivity contribution in [2.75, 3.05) is 12.4 Å². The highest BCUT2D eigenvalue weighted by Gasteiger charge is 2.30. The predicted octanol–water partition coefficient (Wildman–Crippen LogP) is 4.41. The van der Waals surface area contributed by atoms with E-state index in [-0.39, 0.29) is 34.6 Å². The third-order valence-corrected chi connectivity index (χ3v) is 4.71. The van der Waals surface area contributed by atoms with Crippen LogP contribution in [0.15, 0.2) is 53.5 Å². The molecule has 0 radical (unpaired) electrons. The molecular formula is C21H16ClF4N5O3. The minimum Gasteiger partial charge on any atom is -0.464 e. The SMILES string of the molecule is COC(=O)c1cc(NC(=NCc2ccc(F)cc2Cl)NC(=O)c2ccc(C(F)(F)F)cc2)n[nH]1. The molecule has 1 heterocycles. The second-order valence-electron chi connectivity index (χ2n) is 6.71. The van der Waals surface area contributed by atoms with Crippen LogP contribution in [0.5, 0.6) is 0 Å². The van der Waals surface area contributed by atoms with Crippen LogP contribution in [0, 0.1) is 5.82 Å². The lowest BCUT2D eigenvalue weighted by Gasteiger charge is -2.11. The predicted molar refractivity (Wildman–Crippen MR) is 115 cm³/mol. The Morgan fingerprint density at radius 2 is 1.85 bits per heavy atom. The number of alkyl halides is 3. The number of hydrogen-bond donors (Lipinski definition) is 3. The molecule has 3 rings (SSSR count). The van der Waals surface area contributed by atoms with Crippen LogP contribution in [-0.4, -0.2) is 35.1 Å². The Hall–Kier alpha value is -3.93. The number of aliphatic imine (C=N–C) groups is 1. The first-order valence-electron chi connectivity index (χ1n) is 9.44. The average Bonchev–Trinajstić information content (AvgIpc) is 3.25. The van der Waals surface area contributed by atoms with Gasteiger partial charge in [0.1, 0.15) is 11.5 Å². The molecule has 0 aliphatic carbocycles. The third kappa shape index (κ3) is 6.32. The molecule has 34 heavy (non-hydrogen) atoms. The van der Waals surface area contributed by atoms with Crippen molar-refractivity contribution >= 4 is 35.3 Å². The summed E-state index contributed by atoms with van der Waals surface area (Å²) in [5.41, 5.74) is -0.531. The zero-order valence-corrected chi connectivity index (χ0v) is 18.1. The first kappa shape index (κ1) is 24.7. The molecule has 0 saturated carbocycles. The molecule has 2 aromatic carbocycles. The summed E-state index contributed by atoms with van der Waals surface area (Å²) in [4.78, 5) is 28.4. The molecule has 0 fully saturated rings.